The van der Waals surface area contributed by atoms with Crippen LogP contribution in [-0.4, -0.2) is 48.1 Å². The maximum absolute atomic E-state index is 14.7. The van der Waals surface area contributed by atoms with Crippen molar-refractivity contribution in [1.82, 2.24) is 10.2 Å². The van der Waals surface area contributed by atoms with Gasteiger partial charge in [-0.1, -0.05) is 39.0 Å². The fraction of sp³-hybridized carbons (Fsp3) is 0.548. The molecule has 3 aliphatic rings. The number of hydrogen-bond acceptors (Lipinski definition) is 5. The van der Waals surface area contributed by atoms with Crippen LogP contribution in [0, 0.1) is 23.2 Å². The Balaban J connectivity index is 1.49. The van der Waals surface area contributed by atoms with E-state index in [-0.39, 0.29) is 42.4 Å². The van der Waals surface area contributed by atoms with Crippen LogP contribution in [0.2, 0.25) is 0 Å². The minimum atomic E-state index is -4.45. The number of Topliss-reactive ketones (excluding diaryl/α,β-unsaturated/α-hetero) is 1. The summed E-state index contributed by atoms with van der Waals surface area (Å²) in [4.78, 5) is 28.9. The zero-order valence-corrected chi connectivity index (χ0v) is 23.2. The Bertz CT molecular complexity index is 1300. The van der Waals surface area contributed by atoms with Gasteiger partial charge in [0.15, 0.2) is 0 Å². The van der Waals surface area contributed by atoms with E-state index in [0.29, 0.717) is 50.2 Å². The predicted octanol–water partition coefficient (Wildman–Crippen LogP) is 5.74. The zero-order chi connectivity index (χ0) is 28.9. The van der Waals surface area contributed by atoms with E-state index in [1.54, 1.807) is 12.1 Å². The van der Waals surface area contributed by atoms with E-state index < -0.39 is 28.5 Å². The van der Waals surface area contributed by atoms with Gasteiger partial charge in [-0.2, -0.15) is 13.2 Å². The molecule has 2 aromatic rings. The maximum atomic E-state index is 14.7. The van der Waals surface area contributed by atoms with E-state index in [1.165, 1.54) is 6.07 Å². The third kappa shape index (κ3) is 4.71. The summed E-state index contributed by atoms with van der Waals surface area (Å²) in [5, 5.41) is 13.5. The molecular formula is C31H37F3N2O4. The number of benzene rings is 2. The highest BCUT2D eigenvalue weighted by molar-refractivity contribution is 5.93. The number of fused-ring (bicyclic) bond motifs is 1. The van der Waals surface area contributed by atoms with Crippen molar-refractivity contribution in [3.8, 4) is 5.75 Å². The second-order valence-corrected chi connectivity index (χ2v) is 12.1. The van der Waals surface area contributed by atoms with E-state index >= 15 is 0 Å². The molecule has 6 nitrogen and oxygen atoms in total. The topological polar surface area (TPSA) is 78.9 Å². The quantitative estimate of drug-likeness (QED) is 0.471. The molecule has 0 radical (unpaired) electrons. The van der Waals surface area contributed by atoms with Crippen molar-refractivity contribution in [3.05, 3.63) is 64.7 Å². The Kier molecular flexibility index (Phi) is 7.50. The number of carbonyl (C=O) groups excluding carboxylic acids is 1. The van der Waals surface area contributed by atoms with Crippen LogP contribution >= 0.6 is 0 Å². The Hall–Kier alpha value is -2.91. The summed E-state index contributed by atoms with van der Waals surface area (Å²) in [7, 11) is 0. The lowest BCUT2D eigenvalue weighted by Crippen LogP contribution is -2.55. The Labute approximate surface area is 232 Å². The molecule has 216 valence electrons. The molecule has 0 aromatic heterocycles. The van der Waals surface area contributed by atoms with E-state index in [4.69, 9.17) is 4.74 Å². The van der Waals surface area contributed by atoms with Gasteiger partial charge in [0.1, 0.15) is 18.3 Å². The van der Waals surface area contributed by atoms with Crippen molar-refractivity contribution >= 4 is 11.8 Å². The summed E-state index contributed by atoms with van der Waals surface area (Å²) in [5.41, 5.74) is -0.632. The number of nitrogens with zero attached hydrogens (tertiary/aromatic N) is 1. The molecule has 2 heterocycles. The molecule has 0 amide bonds. The number of piperidine rings is 1. The van der Waals surface area contributed by atoms with E-state index in [9.17, 15) is 27.9 Å². The number of nitrogens with one attached hydrogen (secondary N) is 1. The number of hydrogen-bond donors (Lipinski definition) is 2. The third-order valence-corrected chi connectivity index (χ3v) is 9.81. The van der Waals surface area contributed by atoms with Crippen LogP contribution in [-0.2, 0) is 22.9 Å². The van der Waals surface area contributed by atoms with Gasteiger partial charge in [-0.15, -0.1) is 0 Å². The molecule has 4 atom stereocenters. The molecular weight excluding hydrogens is 521 g/mol. The first kappa shape index (κ1) is 28.6. The number of aromatic carboxylic acids is 1. The Morgan fingerprint density at radius 1 is 1.20 bits per heavy atom. The van der Waals surface area contributed by atoms with Crippen LogP contribution in [0.1, 0.15) is 67.1 Å². The number of carbonyl (C=O) groups is 2. The molecule has 9 heteroatoms. The lowest BCUT2D eigenvalue weighted by molar-refractivity contribution is -0.137. The predicted molar refractivity (Wildman–Crippen MR) is 144 cm³/mol. The second-order valence-electron chi connectivity index (χ2n) is 12.1. The van der Waals surface area contributed by atoms with Gasteiger partial charge >= 0.3 is 12.1 Å². The van der Waals surface area contributed by atoms with Crippen molar-refractivity contribution in [2.24, 2.45) is 23.2 Å². The average Bonchev–Trinajstić information content (AvgIpc) is 3.25. The molecule has 2 aliphatic heterocycles. The van der Waals surface area contributed by atoms with E-state index in [1.807, 2.05) is 30.9 Å². The minimum absolute atomic E-state index is 0.0169. The number of halogens is 3. The molecule has 0 bridgehead atoms. The lowest BCUT2D eigenvalue weighted by atomic mass is 9.57. The van der Waals surface area contributed by atoms with E-state index in [0.717, 1.165) is 17.7 Å². The number of alkyl halides is 3. The Morgan fingerprint density at radius 3 is 2.62 bits per heavy atom. The first-order valence-corrected chi connectivity index (χ1v) is 14.0. The highest BCUT2D eigenvalue weighted by atomic mass is 19.4. The summed E-state index contributed by atoms with van der Waals surface area (Å²) >= 11 is 0. The molecule has 40 heavy (non-hydrogen) atoms. The van der Waals surface area contributed by atoms with Gasteiger partial charge in [-0.05, 0) is 74.0 Å². The van der Waals surface area contributed by atoms with Gasteiger partial charge in [0.05, 0.1) is 11.1 Å². The van der Waals surface area contributed by atoms with Gasteiger partial charge < -0.3 is 15.2 Å². The van der Waals surface area contributed by atoms with Gasteiger partial charge in [-0.3, -0.25) is 9.69 Å². The van der Waals surface area contributed by atoms with Crippen LogP contribution in [0.5, 0.6) is 5.75 Å². The summed E-state index contributed by atoms with van der Waals surface area (Å²) in [6.07, 6.45) is -2.52. The highest BCUT2D eigenvalue weighted by Crippen LogP contribution is 2.56. The van der Waals surface area contributed by atoms with Crippen LogP contribution in [0.15, 0.2) is 42.5 Å². The lowest BCUT2D eigenvalue weighted by Gasteiger charge is -2.49. The van der Waals surface area contributed by atoms with Gasteiger partial charge in [0, 0.05) is 35.4 Å². The van der Waals surface area contributed by atoms with Crippen LogP contribution in [0.4, 0.5) is 13.2 Å². The first-order valence-electron chi connectivity index (χ1n) is 14.0. The number of carboxylic acid groups (broad SMARTS) is 1. The summed E-state index contributed by atoms with van der Waals surface area (Å²) in [6, 6.07) is 10.6. The molecule has 0 unspecified atom stereocenters. The Morgan fingerprint density at radius 2 is 1.95 bits per heavy atom. The molecule has 0 spiro atoms. The molecule has 2 fully saturated rings. The molecule has 1 saturated carbocycles. The zero-order valence-electron chi connectivity index (χ0n) is 23.2. The smallest absolute Gasteiger partial charge is 0.416 e. The summed E-state index contributed by atoms with van der Waals surface area (Å²) < 4.78 is 45.9. The largest absolute Gasteiger partial charge is 0.478 e. The SMILES string of the molecule is CC(C)[C@]1(CN2COc3ccc(C(F)(F)F)cc3C2)CC[C@H]([C@@]2(c3ccccc3C(=O)O)CCNC[C@H]2C)C1=O. The van der Waals surface area contributed by atoms with E-state index in [2.05, 4.69) is 12.2 Å². The monoisotopic (exact) mass is 558 g/mol. The van der Waals surface area contributed by atoms with Crippen molar-refractivity contribution < 1.29 is 32.6 Å². The third-order valence-electron chi connectivity index (χ3n) is 9.81. The standard InChI is InChI=1S/C31H37F3N2O4/c1-19(2)29(17-36-16-21-14-22(31(32,33)34)8-9-26(21)40-18-36)11-10-25(27(29)37)30(12-13-35-15-20(30)3)24-7-5-4-6-23(24)28(38)39/h4-9,14,19-20,25,35H,10-13,15-18H2,1-3H3,(H,38,39)/t20-,25+,29-,30+/m1/s1. The number of carboxylic acids is 1. The minimum Gasteiger partial charge on any atom is -0.478 e. The molecule has 1 aliphatic carbocycles. The van der Waals surface area contributed by atoms with Crippen molar-refractivity contribution in [2.45, 2.75) is 58.2 Å². The van der Waals surface area contributed by atoms with Crippen molar-refractivity contribution in [2.75, 3.05) is 26.4 Å². The van der Waals surface area contributed by atoms with Crippen LogP contribution < -0.4 is 10.1 Å². The van der Waals surface area contributed by atoms with Gasteiger partial charge in [0.2, 0.25) is 0 Å². The van der Waals surface area contributed by atoms with Crippen molar-refractivity contribution in [3.63, 3.8) is 0 Å². The molecule has 1 saturated heterocycles. The summed E-state index contributed by atoms with van der Waals surface area (Å²) in [5.74, 6) is -0.773. The summed E-state index contributed by atoms with van der Waals surface area (Å²) in [6.45, 7) is 8.37. The van der Waals surface area contributed by atoms with Crippen LogP contribution in [0.3, 0.4) is 0 Å². The molecule has 2 N–H and O–H groups in total. The molecule has 2 aromatic carbocycles. The maximum Gasteiger partial charge on any atom is 0.416 e. The normalized spacial score (nSPS) is 29.3. The molecule has 5 rings (SSSR count). The van der Waals surface area contributed by atoms with Crippen LogP contribution in [0.25, 0.3) is 0 Å². The number of ketones is 1. The average molecular weight is 559 g/mol. The number of ether oxygens (including phenoxy) is 1. The van der Waals surface area contributed by atoms with Crippen molar-refractivity contribution in [1.29, 1.82) is 0 Å². The number of rotatable bonds is 6. The fourth-order valence-corrected chi connectivity index (χ4v) is 7.60. The highest BCUT2D eigenvalue weighted by Gasteiger charge is 2.59. The van der Waals surface area contributed by atoms with Gasteiger partial charge in [0.25, 0.3) is 0 Å². The fourth-order valence-electron chi connectivity index (χ4n) is 7.60. The first-order chi connectivity index (χ1) is 18.9. The van der Waals surface area contributed by atoms with Gasteiger partial charge in [-0.25, -0.2) is 4.79 Å². The second kappa shape index (κ2) is 10.5.